The van der Waals surface area contributed by atoms with Crippen LogP contribution in [0, 0.1) is 12.8 Å². The van der Waals surface area contributed by atoms with Gasteiger partial charge in [-0.2, -0.15) is 0 Å². The number of hydrogen-bond acceptors (Lipinski definition) is 2. The Morgan fingerprint density at radius 2 is 2.06 bits per heavy atom. The molecule has 0 atom stereocenters. The Kier molecular flexibility index (Phi) is 6.60. The highest BCUT2D eigenvalue weighted by Crippen LogP contribution is 2.25. The van der Waals surface area contributed by atoms with Gasteiger partial charge in [0.1, 0.15) is 12.4 Å². The normalized spacial score (nSPS) is 10.9. The summed E-state index contributed by atoms with van der Waals surface area (Å²) < 4.78 is 6.72. The van der Waals surface area contributed by atoms with Crippen LogP contribution in [0.25, 0.3) is 0 Å². The third kappa shape index (κ3) is 6.08. The van der Waals surface area contributed by atoms with Crippen molar-refractivity contribution in [1.29, 1.82) is 0 Å². The largest absolute Gasteiger partial charge is 0.491 e. The number of benzene rings is 1. The summed E-state index contributed by atoms with van der Waals surface area (Å²) in [6, 6.07) is 6.14. The summed E-state index contributed by atoms with van der Waals surface area (Å²) >= 11 is 3.50. The van der Waals surface area contributed by atoms with Crippen LogP contribution in [0.2, 0.25) is 0 Å². The van der Waals surface area contributed by atoms with E-state index >= 15 is 0 Å². The van der Waals surface area contributed by atoms with Gasteiger partial charge in [-0.1, -0.05) is 19.9 Å². The summed E-state index contributed by atoms with van der Waals surface area (Å²) in [7, 11) is 0. The van der Waals surface area contributed by atoms with Crippen LogP contribution in [0.4, 0.5) is 0 Å². The molecule has 0 saturated carbocycles. The van der Waals surface area contributed by atoms with Crippen LogP contribution in [-0.2, 0) is 0 Å². The van der Waals surface area contributed by atoms with Gasteiger partial charge < -0.3 is 10.1 Å². The fraction of sp³-hybridized carbons (Fsp3) is 0.571. The quantitative estimate of drug-likeness (QED) is 0.774. The van der Waals surface area contributed by atoms with Gasteiger partial charge >= 0.3 is 0 Å². The van der Waals surface area contributed by atoms with Crippen LogP contribution in [0.15, 0.2) is 22.7 Å². The maximum atomic E-state index is 5.69. The summed E-state index contributed by atoms with van der Waals surface area (Å²) in [5.74, 6) is 1.68. The van der Waals surface area contributed by atoms with Crippen molar-refractivity contribution in [2.45, 2.75) is 27.2 Å². The fourth-order valence-corrected chi connectivity index (χ4v) is 2.08. The van der Waals surface area contributed by atoms with E-state index in [1.165, 1.54) is 12.0 Å². The minimum Gasteiger partial charge on any atom is -0.491 e. The molecule has 96 valence electrons. The highest BCUT2D eigenvalue weighted by Gasteiger charge is 2.00. The van der Waals surface area contributed by atoms with Crippen molar-refractivity contribution in [3.8, 4) is 5.75 Å². The summed E-state index contributed by atoms with van der Waals surface area (Å²) in [6.45, 7) is 9.22. The Morgan fingerprint density at radius 1 is 1.29 bits per heavy atom. The lowest BCUT2D eigenvalue weighted by molar-refractivity contribution is 0.310. The molecule has 0 saturated heterocycles. The summed E-state index contributed by atoms with van der Waals surface area (Å²) in [6.07, 6.45) is 1.22. The zero-order valence-corrected chi connectivity index (χ0v) is 12.5. The van der Waals surface area contributed by atoms with Gasteiger partial charge in [0.2, 0.25) is 0 Å². The lowest BCUT2D eigenvalue weighted by Crippen LogP contribution is -2.23. The second-order valence-electron chi connectivity index (χ2n) is 4.71. The number of halogens is 1. The maximum Gasteiger partial charge on any atom is 0.133 e. The summed E-state index contributed by atoms with van der Waals surface area (Å²) in [4.78, 5) is 0. The van der Waals surface area contributed by atoms with E-state index in [9.17, 15) is 0 Å². The number of hydrogen-bond donors (Lipinski definition) is 1. The smallest absolute Gasteiger partial charge is 0.133 e. The SMILES string of the molecule is Cc1ccc(OCCNCCC(C)C)c(Br)c1. The Morgan fingerprint density at radius 3 is 2.71 bits per heavy atom. The molecule has 0 radical (unpaired) electrons. The molecule has 0 amide bonds. The minimum absolute atomic E-state index is 0.708. The van der Waals surface area contributed by atoms with E-state index in [4.69, 9.17) is 4.74 Å². The van der Waals surface area contributed by atoms with Gasteiger partial charge in [-0.25, -0.2) is 0 Å². The van der Waals surface area contributed by atoms with Gasteiger partial charge in [0.15, 0.2) is 0 Å². The second-order valence-corrected chi connectivity index (χ2v) is 5.57. The zero-order valence-electron chi connectivity index (χ0n) is 10.9. The predicted molar refractivity (Wildman–Crippen MR) is 76.7 cm³/mol. The first-order valence-electron chi connectivity index (χ1n) is 6.19. The second kappa shape index (κ2) is 7.72. The molecule has 1 rings (SSSR count). The van der Waals surface area contributed by atoms with Gasteiger partial charge in [-0.05, 0) is 59.4 Å². The van der Waals surface area contributed by atoms with Crippen molar-refractivity contribution in [3.05, 3.63) is 28.2 Å². The van der Waals surface area contributed by atoms with Crippen LogP contribution < -0.4 is 10.1 Å². The Bertz CT molecular complexity index is 339. The maximum absolute atomic E-state index is 5.69. The minimum atomic E-state index is 0.708. The Labute approximate surface area is 113 Å². The molecule has 17 heavy (non-hydrogen) atoms. The van der Waals surface area contributed by atoms with E-state index in [-0.39, 0.29) is 0 Å². The number of rotatable bonds is 7. The van der Waals surface area contributed by atoms with E-state index in [0.29, 0.717) is 6.61 Å². The molecule has 1 N–H and O–H groups in total. The molecule has 0 fully saturated rings. The van der Waals surface area contributed by atoms with Gasteiger partial charge in [0.25, 0.3) is 0 Å². The number of ether oxygens (including phenoxy) is 1. The molecule has 0 unspecified atom stereocenters. The molecule has 0 heterocycles. The molecule has 0 aliphatic carbocycles. The average molecular weight is 300 g/mol. The number of nitrogens with one attached hydrogen (secondary N) is 1. The van der Waals surface area contributed by atoms with E-state index in [1.54, 1.807) is 0 Å². The topological polar surface area (TPSA) is 21.3 Å². The first-order chi connectivity index (χ1) is 8.09. The molecular formula is C14H22BrNO. The van der Waals surface area contributed by atoms with E-state index in [2.05, 4.69) is 54.2 Å². The average Bonchev–Trinajstić information content (AvgIpc) is 2.25. The van der Waals surface area contributed by atoms with Crippen LogP contribution in [0.3, 0.4) is 0 Å². The van der Waals surface area contributed by atoms with Crippen molar-refractivity contribution in [2.24, 2.45) is 5.92 Å². The van der Waals surface area contributed by atoms with Crippen molar-refractivity contribution < 1.29 is 4.74 Å². The van der Waals surface area contributed by atoms with Crippen LogP contribution in [0.1, 0.15) is 25.8 Å². The fourth-order valence-electron chi connectivity index (χ4n) is 1.47. The molecule has 1 aromatic rings. The molecular weight excluding hydrogens is 278 g/mol. The number of aryl methyl sites for hydroxylation is 1. The van der Waals surface area contributed by atoms with Crippen molar-refractivity contribution in [1.82, 2.24) is 5.32 Å². The molecule has 3 heteroatoms. The molecule has 1 aromatic carbocycles. The van der Waals surface area contributed by atoms with Crippen molar-refractivity contribution >= 4 is 15.9 Å². The monoisotopic (exact) mass is 299 g/mol. The van der Waals surface area contributed by atoms with E-state index in [1.807, 2.05) is 6.07 Å². The van der Waals surface area contributed by atoms with E-state index < -0.39 is 0 Å². The highest BCUT2D eigenvalue weighted by atomic mass is 79.9. The summed E-state index contributed by atoms with van der Waals surface area (Å²) in [5.41, 5.74) is 1.24. The van der Waals surface area contributed by atoms with Crippen molar-refractivity contribution in [3.63, 3.8) is 0 Å². The zero-order chi connectivity index (χ0) is 12.7. The molecule has 0 aliphatic rings. The molecule has 0 spiro atoms. The lowest BCUT2D eigenvalue weighted by Gasteiger charge is -2.10. The van der Waals surface area contributed by atoms with Crippen LogP contribution in [0.5, 0.6) is 5.75 Å². The lowest BCUT2D eigenvalue weighted by atomic mass is 10.1. The third-order valence-corrected chi connectivity index (χ3v) is 3.14. The van der Waals surface area contributed by atoms with Gasteiger partial charge in [-0.3, -0.25) is 0 Å². The summed E-state index contributed by atoms with van der Waals surface area (Å²) in [5, 5.41) is 3.38. The third-order valence-electron chi connectivity index (χ3n) is 2.52. The van der Waals surface area contributed by atoms with Crippen molar-refractivity contribution in [2.75, 3.05) is 19.7 Å². The molecule has 2 nitrogen and oxygen atoms in total. The van der Waals surface area contributed by atoms with Crippen LogP contribution in [-0.4, -0.2) is 19.7 Å². The van der Waals surface area contributed by atoms with Crippen LogP contribution >= 0.6 is 15.9 Å². The highest BCUT2D eigenvalue weighted by molar-refractivity contribution is 9.10. The molecule has 0 aliphatic heterocycles. The standard InChI is InChI=1S/C14H22BrNO/c1-11(2)6-7-16-8-9-17-14-5-4-12(3)10-13(14)15/h4-5,10-11,16H,6-9H2,1-3H3. The first-order valence-corrected chi connectivity index (χ1v) is 6.98. The predicted octanol–water partition coefficient (Wildman–Crippen LogP) is 3.77. The van der Waals surface area contributed by atoms with Gasteiger partial charge in [0, 0.05) is 6.54 Å². The molecule has 0 bridgehead atoms. The van der Waals surface area contributed by atoms with Gasteiger partial charge in [0.05, 0.1) is 4.47 Å². The Balaban J connectivity index is 2.18. The molecule has 0 aromatic heterocycles. The first kappa shape index (κ1) is 14.5. The van der Waals surface area contributed by atoms with E-state index in [0.717, 1.165) is 29.2 Å². The Hall–Kier alpha value is -0.540. The van der Waals surface area contributed by atoms with Gasteiger partial charge in [-0.15, -0.1) is 0 Å².